The summed E-state index contributed by atoms with van der Waals surface area (Å²) in [4.78, 5) is 16.5. The van der Waals surface area contributed by atoms with Gasteiger partial charge < -0.3 is 4.90 Å². The largest absolute Gasteiger partial charge is 0.336 e. The summed E-state index contributed by atoms with van der Waals surface area (Å²) >= 11 is 0. The SMILES string of the molecule is Cc1cccc(C(=O)N2CCN(C(C#N)c3ccc(F)cc3)CC2)c1. The molecule has 1 saturated heterocycles. The van der Waals surface area contributed by atoms with Crippen LogP contribution in [0.2, 0.25) is 0 Å². The van der Waals surface area contributed by atoms with Gasteiger partial charge in [0.1, 0.15) is 11.9 Å². The van der Waals surface area contributed by atoms with Crippen molar-refractivity contribution in [2.24, 2.45) is 0 Å². The zero-order valence-electron chi connectivity index (χ0n) is 14.2. The Bertz CT molecular complexity index is 789. The van der Waals surface area contributed by atoms with E-state index in [-0.39, 0.29) is 11.7 Å². The second kappa shape index (κ2) is 7.45. The summed E-state index contributed by atoms with van der Waals surface area (Å²) in [5.41, 5.74) is 2.54. The van der Waals surface area contributed by atoms with E-state index < -0.39 is 6.04 Å². The van der Waals surface area contributed by atoms with Crippen LogP contribution < -0.4 is 0 Å². The number of aryl methyl sites for hydroxylation is 1. The van der Waals surface area contributed by atoms with Gasteiger partial charge in [0, 0.05) is 31.7 Å². The molecule has 0 aliphatic carbocycles. The van der Waals surface area contributed by atoms with Gasteiger partial charge in [-0.25, -0.2) is 4.39 Å². The number of halogens is 1. The lowest BCUT2D eigenvalue weighted by Gasteiger charge is -2.37. The number of nitrogens with zero attached hydrogens (tertiary/aromatic N) is 3. The summed E-state index contributed by atoms with van der Waals surface area (Å²) in [6, 6.07) is 15.5. The Labute approximate surface area is 147 Å². The highest BCUT2D eigenvalue weighted by molar-refractivity contribution is 5.94. The zero-order valence-corrected chi connectivity index (χ0v) is 14.2. The third-order valence-corrected chi connectivity index (χ3v) is 4.54. The summed E-state index contributed by atoms with van der Waals surface area (Å²) in [7, 11) is 0. The Morgan fingerprint density at radius 3 is 2.40 bits per heavy atom. The first-order valence-electron chi connectivity index (χ1n) is 8.33. The van der Waals surface area contributed by atoms with Crippen molar-refractivity contribution in [1.82, 2.24) is 9.80 Å². The van der Waals surface area contributed by atoms with Gasteiger partial charge in [-0.15, -0.1) is 0 Å². The van der Waals surface area contributed by atoms with Crippen LogP contribution in [-0.2, 0) is 0 Å². The van der Waals surface area contributed by atoms with Gasteiger partial charge >= 0.3 is 0 Å². The van der Waals surface area contributed by atoms with Crippen LogP contribution in [0.1, 0.15) is 27.5 Å². The number of carbonyl (C=O) groups is 1. The Balaban J connectivity index is 1.65. The molecule has 2 aromatic carbocycles. The van der Waals surface area contributed by atoms with Crippen molar-refractivity contribution in [3.8, 4) is 6.07 Å². The molecule has 1 atom stereocenters. The molecule has 0 bridgehead atoms. The lowest BCUT2D eigenvalue weighted by atomic mass is 10.1. The van der Waals surface area contributed by atoms with E-state index in [2.05, 4.69) is 6.07 Å². The molecule has 128 valence electrons. The summed E-state index contributed by atoms with van der Waals surface area (Å²) in [5, 5.41) is 9.52. The fraction of sp³-hybridized carbons (Fsp3) is 0.300. The molecule has 0 radical (unpaired) electrons. The first-order chi connectivity index (χ1) is 12.1. The highest BCUT2D eigenvalue weighted by Gasteiger charge is 2.27. The molecule has 1 aliphatic rings. The van der Waals surface area contributed by atoms with Crippen LogP contribution in [0, 0.1) is 24.1 Å². The molecule has 4 nitrogen and oxygen atoms in total. The first-order valence-corrected chi connectivity index (χ1v) is 8.33. The summed E-state index contributed by atoms with van der Waals surface area (Å²) in [5.74, 6) is -0.285. The van der Waals surface area contributed by atoms with E-state index >= 15 is 0 Å². The quantitative estimate of drug-likeness (QED) is 0.864. The molecule has 5 heteroatoms. The molecule has 25 heavy (non-hydrogen) atoms. The molecule has 0 saturated carbocycles. The number of carbonyl (C=O) groups excluding carboxylic acids is 1. The zero-order chi connectivity index (χ0) is 17.8. The number of benzene rings is 2. The molecule has 1 heterocycles. The standard InChI is InChI=1S/C20H20FN3O/c1-15-3-2-4-17(13-15)20(25)24-11-9-23(10-12-24)19(14-22)16-5-7-18(21)8-6-16/h2-8,13,19H,9-12H2,1H3. The third-order valence-electron chi connectivity index (χ3n) is 4.54. The number of rotatable bonds is 3. The molecule has 2 aromatic rings. The van der Waals surface area contributed by atoms with Crippen molar-refractivity contribution in [3.05, 3.63) is 71.0 Å². The van der Waals surface area contributed by atoms with Crippen LogP contribution in [0.15, 0.2) is 48.5 Å². The molecule has 1 amide bonds. The van der Waals surface area contributed by atoms with E-state index in [0.29, 0.717) is 31.7 Å². The minimum atomic E-state index is -0.420. The van der Waals surface area contributed by atoms with Gasteiger partial charge in [-0.2, -0.15) is 5.26 Å². The summed E-state index contributed by atoms with van der Waals surface area (Å²) < 4.78 is 13.1. The fourth-order valence-electron chi connectivity index (χ4n) is 3.16. The van der Waals surface area contributed by atoms with Gasteiger partial charge in [0.15, 0.2) is 0 Å². The topological polar surface area (TPSA) is 47.3 Å². The molecule has 0 spiro atoms. The van der Waals surface area contributed by atoms with Crippen LogP contribution in [0.25, 0.3) is 0 Å². The lowest BCUT2D eigenvalue weighted by Crippen LogP contribution is -2.49. The van der Waals surface area contributed by atoms with Gasteiger partial charge in [0.2, 0.25) is 0 Å². The minimum Gasteiger partial charge on any atom is -0.336 e. The highest BCUT2D eigenvalue weighted by atomic mass is 19.1. The molecule has 1 fully saturated rings. The molecule has 1 aliphatic heterocycles. The Hall–Kier alpha value is -2.71. The summed E-state index contributed by atoms with van der Waals surface area (Å²) in [6.45, 7) is 4.35. The molecule has 3 rings (SSSR count). The number of hydrogen-bond acceptors (Lipinski definition) is 3. The van der Waals surface area contributed by atoms with Crippen molar-refractivity contribution in [1.29, 1.82) is 5.26 Å². The van der Waals surface area contributed by atoms with Crippen molar-refractivity contribution < 1.29 is 9.18 Å². The van der Waals surface area contributed by atoms with E-state index in [0.717, 1.165) is 11.1 Å². The first kappa shape index (κ1) is 17.1. The predicted molar refractivity (Wildman–Crippen MR) is 93.4 cm³/mol. The van der Waals surface area contributed by atoms with Crippen molar-refractivity contribution in [2.45, 2.75) is 13.0 Å². The number of piperazine rings is 1. The Kier molecular flexibility index (Phi) is 5.11. The van der Waals surface area contributed by atoms with Gasteiger partial charge in [0.05, 0.1) is 6.07 Å². The minimum absolute atomic E-state index is 0.0265. The maximum atomic E-state index is 13.1. The van der Waals surface area contributed by atoms with E-state index in [1.807, 2.05) is 41.0 Å². The van der Waals surface area contributed by atoms with Crippen LogP contribution in [0.5, 0.6) is 0 Å². The van der Waals surface area contributed by atoms with E-state index in [1.54, 1.807) is 12.1 Å². The second-order valence-corrected chi connectivity index (χ2v) is 6.28. The van der Waals surface area contributed by atoms with Crippen LogP contribution >= 0.6 is 0 Å². The van der Waals surface area contributed by atoms with Gasteiger partial charge in [0.25, 0.3) is 5.91 Å². The van der Waals surface area contributed by atoms with Gasteiger partial charge in [-0.3, -0.25) is 9.69 Å². The van der Waals surface area contributed by atoms with E-state index in [1.165, 1.54) is 12.1 Å². The molecule has 1 unspecified atom stereocenters. The van der Waals surface area contributed by atoms with E-state index in [9.17, 15) is 14.4 Å². The molecule has 0 N–H and O–H groups in total. The molecular formula is C20H20FN3O. The van der Waals surface area contributed by atoms with Gasteiger partial charge in [-0.05, 0) is 36.8 Å². The fourth-order valence-corrected chi connectivity index (χ4v) is 3.16. The van der Waals surface area contributed by atoms with Crippen LogP contribution in [0.3, 0.4) is 0 Å². The average Bonchev–Trinajstić information content (AvgIpc) is 2.64. The monoisotopic (exact) mass is 337 g/mol. The average molecular weight is 337 g/mol. The van der Waals surface area contributed by atoms with E-state index in [4.69, 9.17) is 0 Å². The summed E-state index contributed by atoms with van der Waals surface area (Å²) in [6.07, 6.45) is 0. The maximum absolute atomic E-state index is 13.1. The number of amides is 1. The Morgan fingerprint density at radius 1 is 1.12 bits per heavy atom. The second-order valence-electron chi connectivity index (χ2n) is 6.28. The smallest absolute Gasteiger partial charge is 0.253 e. The number of nitriles is 1. The highest BCUT2D eigenvalue weighted by Crippen LogP contribution is 2.22. The van der Waals surface area contributed by atoms with Crippen molar-refractivity contribution in [3.63, 3.8) is 0 Å². The third kappa shape index (κ3) is 3.86. The predicted octanol–water partition coefficient (Wildman–Crippen LogP) is 3.16. The normalized spacial score (nSPS) is 16.3. The molecular weight excluding hydrogens is 317 g/mol. The van der Waals surface area contributed by atoms with Crippen LogP contribution in [-0.4, -0.2) is 41.9 Å². The van der Waals surface area contributed by atoms with Crippen molar-refractivity contribution in [2.75, 3.05) is 26.2 Å². The van der Waals surface area contributed by atoms with Crippen molar-refractivity contribution >= 4 is 5.91 Å². The number of hydrogen-bond donors (Lipinski definition) is 0. The molecule has 0 aromatic heterocycles. The Morgan fingerprint density at radius 2 is 1.80 bits per heavy atom. The lowest BCUT2D eigenvalue weighted by molar-refractivity contribution is 0.0606. The van der Waals surface area contributed by atoms with Crippen LogP contribution in [0.4, 0.5) is 4.39 Å². The van der Waals surface area contributed by atoms with Gasteiger partial charge in [-0.1, -0.05) is 29.8 Å². The maximum Gasteiger partial charge on any atom is 0.253 e.